The first-order valence-electron chi connectivity index (χ1n) is 9.55. The molecule has 2 aromatic heterocycles. The number of Topliss-reactive ketones (excluding diaryl/α,β-unsaturated/α-hetero) is 1. The molecule has 0 radical (unpaired) electrons. The van der Waals surface area contributed by atoms with Crippen LogP contribution >= 0.6 is 11.8 Å². The largest absolute Gasteiger partial charge is 0.384 e. The molecule has 9 heteroatoms. The Bertz CT molecular complexity index is 1450. The van der Waals surface area contributed by atoms with Crippen LogP contribution in [0.15, 0.2) is 63.3 Å². The first-order valence-corrected chi connectivity index (χ1v) is 10.5. The van der Waals surface area contributed by atoms with E-state index < -0.39 is 17.0 Å². The van der Waals surface area contributed by atoms with Gasteiger partial charge in [0.25, 0.3) is 5.56 Å². The first kappa shape index (κ1) is 20.7. The number of anilines is 1. The Morgan fingerprint density at radius 1 is 1.06 bits per heavy atom. The molecule has 31 heavy (non-hydrogen) atoms. The van der Waals surface area contributed by atoms with Gasteiger partial charge in [0, 0.05) is 19.8 Å². The van der Waals surface area contributed by atoms with Gasteiger partial charge < -0.3 is 5.73 Å². The first-order chi connectivity index (χ1) is 14.8. The minimum Gasteiger partial charge on any atom is -0.384 e. The normalized spacial score (nSPS) is 11.2. The molecular formula is C22H21N5O3S. The van der Waals surface area contributed by atoms with Crippen LogP contribution in [0.5, 0.6) is 0 Å². The van der Waals surface area contributed by atoms with Gasteiger partial charge in [0.1, 0.15) is 11.4 Å². The summed E-state index contributed by atoms with van der Waals surface area (Å²) in [4.78, 5) is 42.1. The van der Waals surface area contributed by atoms with Crippen LogP contribution in [-0.4, -0.2) is 30.2 Å². The summed E-state index contributed by atoms with van der Waals surface area (Å²) >= 11 is 1.22. The van der Waals surface area contributed by atoms with Crippen LogP contribution in [0.1, 0.15) is 15.9 Å². The number of aromatic nitrogens is 4. The van der Waals surface area contributed by atoms with E-state index in [9.17, 15) is 14.4 Å². The molecule has 0 aliphatic heterocycles. The minimum absolute atomic E-state index is 0.0488. The second-order valence-corrected chi connectivity index (χ2v) is 8.18. The number of ketones is 1. The Balaban J connectivity index is 1.74. The number of thioether (sulfide) groups is 1. The Morgan fingerprint density at radius 2 is 1.81 bits per heavy atom. The second-order valence-electron chi connectivity index (χ2n) is 7.24. The maximum Gasteiger partial charge on any atom is 0.332 e. The monoisotopic (exact) mass is 435 g/mol. The lowest BCUT2D eigenvalue weighted by molar-refractivity contribution is 0.102. The molecule has 8 nitrogen and oxygen atoms in total. The molecule has 4 rings (SSSR count). The van der Waals surface area contributed by atoms with Crippen LogP contribution in [0, 0.1) is 6.92 Å². The minimum atomic E-state index is -0.696. The standard InChI is InChI=1S/C22H21N5O3S/c1-13-7-6-8-14(11-13)27-16-10-5-4-9-15(16)24-21(27)31-12-17(28)18-19(23)25(2)22(30)26(3)20(18)29/h4-11H,12,23H2,1-3H3. The third kappa shape index (κ3) is 3.57. The number of imidazole rings is 1. The molecule has 0 fully saturated rings. The second kappa shape index (κ2) is 7.92. The SMILES string of the molecule is Cc1cccc(-n2c(SCC(=O)c3c(N)n(C)c(=O)n(C)c3=O)nc3ccccc32)c1. The Labute approximate surface area is 181 Å². The lowest BCUT2D eigenvalue weighted by atomic mass is 10.2. The number of nitrogen functional groups attached to an aromatic ring is 1. The van der Waals surface area contributed by atoms with Gasteiger partial charge in [-0.05, 0) is 36.8 Å². The van der Waals surface area contributed by atoms with Crippen LogP contribution in [0.3, 0.4) is 0 Å². The van der Waals surface area contributed by atoms with E-state index in [1.54, 1.807) is 0 Å². The highest BCUT2D eigenvalue weighted by Gasteiger charge is 2.22. The van der Waals surface area contributed by atoms with E-state index in [4.69, 9.17) is 5.73 Å². The quantitative estimate of drug-likeness (QED) is 0.381. The zero-order valence-corrected chi connectivity index (χ0v) is 18.1. The van der Waals surface area contributed by atoms with Crippen LogP contribution in [0.2, 0.25) is 0 Å². The van der Waals surface area contributed by atoms with E-state index in [1.807, 2.05) is 60.0 Å². The van der Waals surface area contributed by atoms with Crippen molar-refractivity contribution in [2.75, 3.05) is 11.5 Å². The van der Waals surface area contributed by atoms with Crippen molar-refractivity contribution < 1.29 is 4.79 Å². The molecule has 0 aliphatic rings. The van der Waals surface area contributed by atoms with Gasteiger partial charge in [-0.3, -0.25) is 23.3 Å². The summed E-state index contributed by atoms with van der Waals surface area (Å²) in [6.07, 6.45) is 0. The van der Waals surface area contributed by atoms with Gasteiger partial charge in [-0.1, -0.05) is 36.0 Å². The summed E-state index contributed by atoms with van der Waals surface area (Å²) in [5.74, 6) is -0.639. The summed E-state index contributed by atoms with van der Waals surface area (Å²) < 4.78 is 3.97. The molecule has 0 spiro atoms. The summed E-state index contributed by atoms with van der Waals surface area (Å²) in [6.45, 7) is 2.01. The van der Waals surface area contributed by atoms with Crippen molar-refractivity contribution in [2.24, 2.45) is 14.1 Å². The van der Waals surface area contributed by atoms with Crippen molar-refractivity contribution in [2.45, 2.75) is 12.1 Å². The number of carbonyl (C=O) groups is 1. The molecule has 4 aromatic rings. The number of aryl methyl sites for hydroxylation is 1. The van der Waals surface area contributed by atoms with Crippen LogP contribution in [0.25, 0.3) is 16.7 Å². The highest BCUT2D eigenvalue weighted by Crippen LogP contribution is 2.29. The molecule has 0 bridgehead atoms. The smallest absolute Gasteiger partial charge is 0.332 e. The third-order valence-corrected chi connectivity index (χ3v) is 6.05. The number of nitrogens with zero attached hydrogens (tertiary/aromatic N) is 4. The van der Waals surface area contributed by atoms with Gasteiger partial charge in [0.05, 0.1) is 16.8 Å². The predicted octanol–water partition coefficient (Wildman–Crippen LogP) is 2.29. The fraction of sp³-hybridized carbons (Fsp3) is 0.182. The van der Waals surface area contributed by atoms with Crippen molar-refractivity contribution in [3.8, 4) is 5.69 Å². The molecule has 0 saturated carbocycles. The van der Waals surface area contributed by atoms with Crippen molar-refractivity contribution in [1.82, 2.24) is 18.7 Å². The fourth-order valence-electron chi connectivity index (χ4n) is 3.44. The maximum absolute atomic E-state index is 12.9. The molecule has 2 N–H and O–H groups in total. The number of rotatable bonds is 5. The lowest BCUT2D eigenvalue weighted by Gasteiger charge is -2.11. The van der Waals surface area contributed by atoms with Gasteiger partial charge in [0.15, 0.2) is 10.9 Å². The third-order valence-electron chi connectivity index (χ3n) is 5.11. The number of hydrogen-bond acceptors (Lipinski definition) is 6. The van der Waals surface area contributed by atoms with E-state index in [1.165, 1.54) is 25.9 Å². The zero-order valence-electron chi connectivity index (χ0n) is 17.3. The lowest BCUT2D eigenvalue weighted by Crippen LogP contribution is -2.41. The molecular weight excluding hydrogens is 414 g/mol. The van der Waals surface area contributed by atoms with Gasteiger partial charge in [-0.2, -0.15) is 0 Å². The topological polar surface area (TPSA) is 105 Å². The number of hydrogen-bond donors (Lipinski definition) is 1. The summed E-state index contributed by atoms with van der Waals surface area (Å²) in [5.41, 5.74) is 8.22. The van der Waals surface area contributed by atoms with Gasteiger partial charge in [0.2, 0.25) is 0 Å². The molecule has 0 atom stereocenters. The number of fused-ring (bicyclic) bond motifs is 1. The van der Waals surface area contributed by atoms with Crippen molar-refractivity contribution in [3.05, 3.63) is 80.5 Å². The summed E-state index contributed by atoms with van der Waals surface area (Å²) in [6, 6.07) is 15.7. The zero-order chi connectivity index (χ0) is 22.3. The summed E-state index contributed by atoms with van der Waals surface area (Å²) in [7, 11) is 2.75. The van der Waals surface area contributed by atoms with Gasteiger partial charge in [-0.15, -0.1) is 0 Å². The van der Waals surface area contributed by atoms with Gasteiger partial charge in [-0.25, -0.2) is 9.78 Å². The molecule has 158 valence electrons. The van der Waals surface area contributed by atoms with E-state index >= 15 is 0 Å². The highest BCUT2D eigenvalue weighted by atomic mass is 32.2. The molecule has 2 heterocycles. The van der Waals surface area contributed by atoms with Crippen molar-refractivity contribution in [3.63, 3.8) is 0 Å². The average molecular weight is 436 g/mol. The van der Waals surface area contributed by atoms with Gasteiger partial charge >= 0.3 is 5.69 Å². The van der Waals surface area contributed by atoms with E-state index in [0.717, 1.165) is 31.4 Å². The van der Waals surface area contributed by atoms with Crippen LogP contribution in [-0.2, 0) is 14.1 Å². The summed E-state index contributed by atoms with van der Waals surface area (Å²) in [5, 5.41) is 0.625. The Kier molecular flexibility index (Phi) is 5.28. The molecule has 2 aromatic carbocycles. The average Bonchev–Trinajstić information content (AvgIpc) is 3.13. The molecule has 0 saturated heterocycles. The highest BCUT2D eigenvalue weighted by molar-refractivity contribution is 7.99. The maximum atomic E-state index is 12.9. The molecule has 0 aliphatic carbocycles. The van der Waals surface area contributed by atoms with Crippen LogP contribution in [0.4, 0.5) is 5.82 Å². The van der Waals surface area contributed by atoms with E-state index in [2.05, 4.69) is 4.98 Å². The number of nitrogens with two attached hydrogens (primary N) is 1. The van der Waals surface area contributed by atoms with Crippen LogP contribution < -0.4 is 17.0 Å². The van der Waals surface area contributed by atoms with E-state index in [-0.39, 0.29) is 17.1 Å². The van der Waals surface area contributed by atoms with Crippen molar-refractivity contribution >= 4 is 34.4 Å². The molecule has 0 amide bonds. The Morgan fingerprint density at radius 3 is 2.55 bits per heavy atom. The fourth-order valence-corrected chi connectivity index (χ4v) is 4.34. The molecule has 0 unspecified atom stereocenters. The number of para-hydroxylation sites is 2. The number of carbonyl (C=O) groups excluding carboxylic acids is 1. The van der Waals surface area contributed by atoms with Crippen molar-refractivity contribution in [1.29, 1.82) is 0 Å². The number of benzene rings is 2. The Hall–Kier alpha value is -3.59. The van der Waals surface area contributed by atoms with E-state index in [0.29, 0.717) is 5.16 Å². The predicted molar refractivity (Wildman–Crippen MR) is 122 cm³/mol.